The molecule has 1 unspecified atom stereocenters. The zero-order valence-corrected chi connectivity index (χ0v) is 11.7. The molecule has 0 spiro atoms. The minimum Gasteiger partial charge on any atom is -0.396 e. The van der Waals surface area contributed by atoms with E-state index < -0.39 is 0 Å². The van der Waals surface area contributed by atoms with Gasteiger partial charge in [0, 0.05) is 19.3 Å². The van der Waals surface area contributed by atoms with E-state index in [-0.39, 0.29) is 18.4 Å². The second-order valence-electron chi connectivity index (χ2n) is 4.77. The Bertz CT molecular complexity index is 595. The molecule has 0 aromatic carbocycles. The molecule has 7 heteroatoms. The highest BCUT2D eigenvalue weighted by Gasteiger charge is 2.15. The molecular formula is C13H19N5O2. The number of aliphatic hydroxyl groups is 1. The van der Waals surface area contributed by atoms with Crippen LogP contribution in [0.25, 0.3) is 5.78 Å². The standard InChI is InChI=1S/C13H19N5O2/c1-3-11-10(7-15-13-16-8-17-18(11)13)12(20)14-6-9(2)4-5-19/h7-9,19H,3-6H2,1-2H3,(H,14,20). The van der Waals surface area contributed by atoms with Crippen LogP contribution in [0.5, 0.6) is 0 Å². The molecule has 0 radical (unpaired) electrons. The van der Waals surface area contributed by atoms with Crippen molar-refractivity contribution in [2.24, 2.45) is 5.92 Å². The fourth-order valence-electron chi connectivity index (χ4n) is 2.04. The molecule has 2 heterocycles. The maximum absolute atomic E-state index is 12.2. The Balaban J connectivity index is 2.17. The van der Waals surface area contributed by atoms with E-state index in [0.29, 0.717) is 30.7 Å². The summed E-state index contributed by atoms with van der Waals surface area (Å²) in [5, 5.41) is 15.8. The third-order valence-corrected chi connectivity index (χ3v) is 3.22. The average Bonchev–Trinajstić information content (AvgIpc) is 2.92. The summed E-state index contributed by atoms with van der Waals surface area (Å²) in [6.07, 6.45) is 4.29. The van der Waals surface area contributed by atoms with E-state index in [0.717, 1.165) is 5.69 Å². The molecule has 0 saturated heterocycles. The largest absolute Gasteiger partial charge is 0.396 e. The summed E-state index contributed by atoms with van der Waals surface area (Å²) in [5.41, 5.74) is 1.31. The van der Waals surface area contributed by atoms with Crippen LogP contribution in [0.3, 0.4) is 0 Å². The quantitative estimate of drug-likeness (QED) is 0.799. The number of carbonyl (C=O) groups is 1. The second kappa shape index (κ2) is 6.42. The Morgan fingerprint density at radius 1 is 1.50 bits per heavy atom. The fraction of sp³-hybridized carbons (Fsp3) is 0.538. The Morgan fingerprint density at radius 2 is 2.30 bits per heavy atom. The van der Waals surface area contributed by atoms with Crippen LogP contribution in [0, 0.1) is 5.92 Å². The van der Waals surface area contributed by atoms with Crippen molar-refractivity contribution in [1.29, 1.82) is 0 Å². The Morgan fingerprint density at radius 3 is 3.00 bits per heavy atom. The van der Waals surface area contributed by atoms with Crippen molar-refractivity contribution < 1.29 is 9.90 Å². The van der Waals surface area contributed by atoms with Crippen molar-refractivity contribution in [1.82, 2.24) is 24.9 Å². The van der Waals surface area contributed by atoms with Crippen LogP contribution in [0.1, 0.15) is 36.3 Å². The summed E-state index contributed by atoms with van der Waals surface area (Å²) in [5.74, 6) is 0.556. The molecule has 7 nitrogen and oxygen atoms in total. The molecule has 0 aliphatic carbocycles. The third kappa shape index (κ3) is 2.93. The van der Waals surface area contributed by atoms with E-state index in [1.165, 1.54) is 12.5 Å². The first-order chi connectivity index (χ1) is 9.67. The van der Waals surface area contributed by atoms with E-state index in [2.05, 4.69) is 20.4 Å². The van der Waals surface area contributed by atoms with Gasteiger partial charge in [0.15, 0.2) is 0 Å². The van der Waals surface area contributed by atoms with Crippen molar-refractivity contribution in [3.05, 3.63) is 23.8 Å². The SMILES string of the molecule is CCc1c(C(=O)NCC(C)CCO)cnc2ncnn12. The summed E-state index contributed by atoms with van der Waals surface area (Å²) < 4.78 is 1.59. The Kier molecular flexibility index (Phi) is 4.62. The Hall–Kier alpha value is -2.02. The molecule has 2 aromatic heterocycles. The molecule has 0 aliphatic rings. The van der Waals surface area contributed by atoms with Crippen LogP contribution in [0.2, 0.25) is 0 Å². The second-order valence-corrected chi connectivity index (χ2v) is 4.77. The van der Waals surface area contributed by atoms with Gasteiger partial charge in [0.05, 0.1) is 11.3 Å². The number of hydrogen-bond donors (Lipinski definition) is 2. The lowest BCUT2D eigenvalue weighted by Gasteiger charge is -2.13. The third-order valence-electron chi connectivity index (χ3n) is 3.22. The number of rotatable bonds is 6. The smallest absolute Gasteiger partial charge is 0.254 e. The molecular weight excluding hydrogens is 258 g/mol. The van der Waals surface area contributed by atoms with Gasteiger partial charge in [-0.1, -0.05) is 13.8 Å². The molecule has 108 valence electrons. The molecule has 0 saturated carbocycles. The van der Waals surface area contributed by atoms with Crippen LogP contribution < -0.4 is 5.32 Å². The zero-order chi connectivity index (χ0) is 14.5. The van der Waals surface area contributed by atoms with E-state index in [9.17, 15) is 4.79 Å². The van der Waals surface area contributed by atoms with Gasteiger partial charge >= 0.3 is 0 Å². The normalized spacial score (nSPS) is 12.6. The zero-order valence-electron chi connectivity index (χ0n) is 11.7. The number of amides is 1. The summed E-state index contributed by atoms with van der Waals surface area (Å²) >= 11 is 0. The summed E-state index contributed by atoms with van der Waals surface area (Å²) in [4.78, 5) is 20.4. The first-order valence-electron chi connectivity index (χ1n) is 6.74. The monoisotopic (exact) mass is 277 g/mol. The number of hydrogen-bond acceptors (Lipinski definition) is 5. The van der Waals surface area contributed by atoms with Gasteiger partial charge in [-0.05, 0) is 18.8 Å². The highest BCUT2D eigenvalue weighted by Crippen LogP contribution is 2.10. The van der Waals surface area contributed by atoms with E-state index in [1.54, 1.807) is 4.52 Å². The summed E-state index contributed by atoms with van der Waals surface area (Å²) in [7, 11) is 0. The van der Waals surface area contributed by atoms with E-state index >= 15 is 0 Å². The van der Waals surface area contributed by atoms with Crippen molar-refractivity contribution in [3.8, 4) is 0 Å². The van der Waals surface area contributed by atoms with Gasteiger partial charge in [0.1, 0.15) is 6.33 Å². The molecule has 20 heavy (non-hydrogen) atoms. The topological polar surface area (TPSA) is 92.4 Å². The molecule has 2 N–H and O–H groups in total. The molecule has 2 rings (SSSR count). The van der Waals surface area contributed by atoms with Gasteiger partial charge in [-0.25, -0.2) is 9.50 Å². The van der Waals surface area contributed by atoms with Gasteiger partial charge in [-0.2, -0.15) is 10.1 Å². The minimum absolute atomic E-state index is 0.129. The molecule has 0 bridgehead atoms. The first kappa shape index (κ1) is 14.4. The number of nitrogens with one attached hydrogen (secondary N) is 1. The molecule has 0 aliphatic heterocycles. The number of aliphatic hydroxyl groups excluding tert-OH is 1. The predicted octanol–water partition coefficient (Wildman–Crippen LogP) is 0.435. The maximum atomic E-state index is 12.2. The van der Waals surface area contributed by atoms with Gasteiger partial charge in [-0.15, -0.1) is 0 Å². The lowest BCUT2D eigenvalue weighted by Crippen LogP contribution is -2.30. The number of fused-ring (bicyclic) bond motifs is 1. The molecule has 0 fully saturated rings. The van der Waals surface area contributed by atoms with Crippen LogP contribution >= 0.6 is 0 Å². The highest BCUT2D eigenvalue weighted by atomic mass is 16.3. The minimum atomic E-state index is -0.170. The van der Waals surface area contributed by atoms with Crippen LogP contribution in [-0.2, 0) is 6.42 Å². The van der Waals surface area contributed by atoms with E-state index in [4.69, 9.17) is 5.11 Å². The van der Waals surface area contributed by atoms with Crippen LogP contribution in [0.4, 0.5) is 0 Å². The fourth-order valence-corrected chi connectivity index (χ4v) is 2.04. The number of aryl methyl sites for hydroxylation is 1. The highest BCUT2D eigenvalue weighted by molar-refractivity contribution is 5.95. The summed E-state index contributed by atoms with van der Waals surface area (Å²) in [6.45, 7) is 4.60. The van der Waals surface area contributed by atoms with Gasteiger partial charge in [0.25, 0.3) is 11.7 Å². The van der Waals surface area contributed by atoms with Gasteiger partial charge in [-0.3, -0.25) is 4.79 Å². The molecule has 1 amide bonds. The van der Waals surface area contributed by atoms with Gasteiger partial charge in [0.2, 0.25) is 0 Å². The lowest BCUT2D eigenvalue weighted by atomic mass is 10.1. The summed E-state index contributed by atoms with van der Waals surface area (Å²) in [6, 6.07) is 0. The van der Waals surface area contributed by atoms with Crippen LogP contribution in [0.15, 0.2) is 12.5 Å². The molecule has 2 aromatic rings. The van der Waals surface area contributed by atoms with Gasteiger partial charge < -0.3 is 10.4 Å². The van der Waals surface area contributed by atoms with E-state index in [1.807, 2.05) is 13.8 Å². The Labute approximate surface area is 117 Å². The van der Waals surface area contributed by atoms with Crippen molar-refractivity contribution in [3.63, 3.8) is 0 Å². The van der Waals surface area contributed by atoms with Crippen molar-refractivity contribution in [2.75, 3.05) is 13.2 Å². The number of aromatic nitrogens is 4. The van der Waals surface area contributed by atoms with Crippen LogP contribution in [-0.4, -0.2) is 43.7 Å². The first-order valence-corrected chi connectivity index (χ1v) is 6.74. The molecule has 1 atom stereocenters. The number of nitrogens with zero attached hydrogens (tertiary/aromatic N) is 4. The maximum Gasteiger partial charge on any atom is 0.254 e. The lowest BCUT2D eigenvalue weighted by molar-refractivity contribution is 0.0943. The average molecular weight is 277 g/mol. The number of carbonyl (C=O) groups excluding carboxylic acids is 1. The predicted molar refractivity (Wildman–Crippen MR) is 73.4 cm³/mol. The van der Waals surface area contributed by atoms with Crippen molar-refractivity contribution >= 4 is 11.7 Å². The van der Waals surface area contributed by atoms with Crippen molar-refractivity contribution in [2.45, 2.75) is 26.7 Å².